The van der Waals surface area contributed by atoms with Crippen molar-refractivity contribution in [1.29, 1.82) is 0 Å². The molecule has 184 valence electrons. The van der Waals surface area contributed by atoms with Crippen molar-refractivity contribution in [2.75, 3.05) is 15.5 Å². The van der Waals surface area contributed by atoms with Gasteiger partial charge in [0.15, 0.2) is 0 Å². The number of aryl methyl sites for hydroxylation is 2. The van der Waals surface area contributed by atoms with Crippen LogP contribution < -0.4 is 15.5 Å². The summed E-state index contributed by atoms with van der Waals surface area (Å²) in [6.07, 6.45) is 1.60. The number of hydrogen-bond acceptors (Lipinski definition) is 4. The molecule has 36 heavy (non-hydrogen) atoms. The highest BCUT2D eigenvalue weighted by molar-refractivity contribution is 6.53. The molecule has 1 aliphatic rings. The van der Waals surface area contributed by atoms with E-state index in [0.29, 0.717) is 16.3 Å². The lowest BCUT2D eigenvalue weighted by Gasteiger charge is -2.16. The standard InChI is InChI=1S/C27H22Cl3N3O3/c1-3-15-6-5-7-16(4-2)23(15)32-25(34)17-8-10-18(11-9-17)31-24-22(30)26(35)33(27(24)36)19-12-13-20(28)21(29)14-19/h5-14,31H,3-4H2,1-2H3,(H,32,34). The van der Waals surface area contributed by atoms with Crippen LogP contribution in [0.15, 0.2) is 71.4 Å². The number of nitrogens with one attached hydrogen (secondary N) is 2. The van der Waals surface area contributed by atoms with E-state index < -0.39 is 11.8 Å². The number of halogens is 3. The molecule has 0 radical (unpaired) electrons. The molecule has 9 heteroatoms. The molecular weight excluding hydrogens is 521 g/mol. The number of hydrogen-bond donors (Lipinski definition) is 2. The average molecular weight is 543 g/mol. The molecule has 0 aliphatic carbocycles. The lowest BCUT2D eigenvalue weighted by Crippen LogP contribution is -2.32. The van der Waals surface area contributed by atoms with Gasteiger partial charge in [0.1, 0.15) is 10.7 Å². The number of carbonyl (C=O) groups is 3. The second-order valence-electron chi connectivity index (χ2n) is 8.05. The number of para-hydroxylation sites is 1. The first-order chi connectivity index (χ1) is 17.2. The average Bonchev–Trinajstić information content (AvgIpc) is 3.09. The van der Waals surface area contributed by atoms with Gasteiger partial charge in [-0.2, -0.15) is 0 Å². The second-order valence-corrected chi connectivity index (χ2v) is 9.24. The van der Waals surface area contributed by atoms with E-state index in [-0.39, 0.29) is 27.3 Å². The minimum absolute atomic E-state index is 0.0746. The number of anilines is 3. The van der Waals surface area contributed by atoms with Gasteiger partial charge in [-0.25, -0.2) is 4.90 Å². The first-order valence-electron chi connectivity index (χ1n) is 11.3. The zero-order valence-corrected chi connectivity index (χ0v) is 21.8. The van der Waals surface area contributed by atoms with Crippen molar-refractivity contribution in [3.05, 3.63) is 98.1 Å². The summed E-state index contributed by atoms with van der Waals surface area (Å²) in [5, 5.41) is 6.17. The van der Waals surface area contributed by atoms with Crippen LogP contribution in [0.1, 0.15) is 35.3 Å². The lowest BCUT2D eigenvalue weighted by atomic mass is 10.0. The van der Waals surface area contributed by atoms with Crippen molar-refractivity contribution < 1.29 is 14.4 Å². The van der Waals surface area contributed by atoms with Crippen molar-refractivity contribution in [2.45, 2.75) is 26.7 Å². The summed E-state index contributed by atoms with van der Waals surface area (Å²) in [6.45, 7) is 4.09. The Labute approximate surface area is 223 Å². The fourth-order valence-corrected chi connectivity index (χ4v) is 4.41. The van der Waals surface area contributed by atoms with E-state index in [9.17, 15) is 14.4 Å². The zero-order chi connectivity index (χ0) is 26.0. The highest BCUT2D eigenvalue weighted by atomic mass is 35.5. The molecule has 1 heterocycles. The molecule has 3 amide bonds. The lowest BCUT2D eigenvalue weighted by molar-refractivity contribution is -0.120. The summed E-state index contributed by atoms with van der Waals surface area (Å²) in [4.78, 5) is 39.5. The highest BCUT2D eigenvalue weighted by Gasteiger charge is 2.39. The molecule has 0 fully saturated rings. The van der Waals surface area contributed by atoms with Crippen LogP contribution in [0.3, 0.4) is 0 Å². The highest BCUT2D eigenvalue weighted by Crippen LogP contribution is 2.33. The number of nitrogens with zero attached hydrogens (tertiary/aromatic N) is 1. The summed E-state index contributed by atoms with van der Waals surface area (Å²) >= 11 is 18.2. The van der Waals surface area contributed by atoms with E-state index in [1.165, 1.54) is 18.2 Å². The molecule has 3 aromatic rings. The minimum Gasteiger partial charge on any atom is -0.350 e. The van der Waals surface area contributed by atoms with E-state index >= 15 is 0 Å². The normalized spacial score (nSPS) is 13.4. The summed E-state index contributed by atoms with van der Waals surface area (Å²) in [5.41, 5.74) is 4.08. The van der Waals surface area contributed by atoms with Crippen LogP contribution in [0.25, 0.3) is 0 Å². The predicted molar refractivity (Wildman–Crippen MR) is 145 cm³/mol. The van der Waals surface area contributed by atoms with Crippen LogP contribution in [-0.2, 0) is 22.4 Å². The third kappa shape index (κ3) is 4.98. The van der Waals surface area contributed by atoms with E-state index in [1.54, 1.807) is 24.3 Å². The van der Waals surface area contributed by atoms with Crippen LogP contribution >= 0.6 is 34.8 Å². The molecular formula is C27H22Cl3N3O3. The number of benzene rings is 3. The van der Waals surface area contributed by atoms with Gasteiger partial charge in [0, 0.05) is 16.9 Å². The predicted octanol–water partition coefficient (Wildman–Crippen LogP) is 6.81. The molecule has 0 atom stereocenters. The molecule has 0 spiro atoms. The Morgan fingerprint density at radius 3 is 2.06 bits per heavy atom. The van der Waals surface area contributed by atoms with Gasteiger partial charge in [-0.15, -0.1) is 0 Å². The third-order valence-electron chi connectivity index (χ3n) is 5.84. The van der Waals surface area contributed by atoms with E-state index in [1.807, 2.05) is 32.0 Å². The number of amides is 3. The fourth-order valence-electron chi connectivity index (χ4n) is 3.91. The third-order valence-corrected chi connectivity index (χ3v) is 6.93. The van der Waals surface area contributed by atoms with Crippen molar-refractivity contribution in [3.8, 4) is 0 Å². The van der Waals surface area contributed by atoms with Crippen molar-refractivity contribution in [2.24, 2.45) is 0 Å². The zero-order valence-electron chi connectivity index (χ0n) is 19.5. The van der Waals surface area contributed by atoms with E-state index in [2.05, 4.69) is 10.6 Å². The van der Waals surface area contributed by atoms with Crippen LogP contribution in [0, 0.1) is 0 Å². The largest absolute Gasteiger partial charge is 0.350 e. The van der Waals surface area contributed by atoms with Gasteiger partial charge in [0.05, 0.1) is 15.7 Å². The SMILES string of the molecule is CCc1cccc(CC)c1NC(=O)c1ccc(NC2=C(Cl)C(=O)N(c3ccc(Cl)c(Cl)c3)C2=O)cc1. The van der Waals surface area contributed by atoms with Gasteiger partial charge in [-0.05, 0) is 66.4 Å². The Morgan fingerprint density at radius 2 is 1.47 bits per heavy atom. The van der Waals surface area contributed by atoms with Gasteiger partial charge in [-0.1, -0.05) is 66.8 Å². The van der Waals surface area contributed by atoms with Crippen LogP contribution in [0.4, 0.5) is 17.1 Å². The van der Waals surface area contributed by atoms with Crippen LogP contribution in [-0.4, -0.2) is 17.7 Å². The Bertz CT molecular complexity index is 1380. The quantitative estimate of drug-likeness (QED) is 0.322. The van der Waals surface area contributed by atoms with Crippen molar-refractivity contribution >= 4 is 69.6 Å². The first-order valence-corrected chi connectivity index (χ1v) is 12.4. The molecule has 2 N–H and O–H groups in total. The maximum absolute atomic E-state index is 13.0. The van der Waals surface area contributed by atoms with Crippen molar-refractivity contribution in [1.82, 2.24) is 0 Å². The summed E-state index contributed by atoms with van der Waals surface area (Å²) in [6, 6.07) is 16.9. The molecule has 4 rings (SSSR count). The summed E-state index contributed by atoms with van der Waals surface area (Å²) in [5.74, 6) is -1.55. The van der Waals surface area contributed by atoms with Gasteiger partial charge < -0.3 is 10.6 Å². The van der Waals surface area contributed by atoms with Crippen molar-refractivity contribution in [3.63, 3.8) is 0 Å². The molecule has 6 nitrogen and oxygen atoms in total. The van der Waals surface area contributed by atoms with Gasteiger partial charge in [0.2, 0.25) is 0 Å². The molecule has 3 aromatic carbocycles. The minimum atomic E-state index is -0.681. The topological polar surface area (TPSA) is 78.5 Å². The van der Waals surface area contributed by atoms with Gasteiger partial charge >= 0.3 is 0 Å². The molecule has 1 aliphatic heterocycles. The Balaban J connectivity index is 1.51. The summed E-state index contributed by atoms with van der Waals surface area (Å²) < 4.78 is 0. The second kappa shape index (κ2) is 10.7. The maximum Gasteiger partial charge on any atom is 0.283 e. The molecule has 0 bridgehead atoms. The number of carbonyl (C=O) groups excluding carboxylic acids is 3. The molecule has 0 unspecified atom stereocenters. The smallest absolute Gasteiger partial charge is 0.283 e. The fraction of sp³-hybridized carbons (Fsp3) is 0.148. The maximum atomic E-state index is 13.0. The monoisotopic (exact) mass is 541 g/mol. The van der Waals surface area contributed by atoms with Crippen LogP contribution in [0.2, 0.25) is 10.0 Å². The Hall–Kier alpha value is -3.32. The van der Waals surface area contributed by atoms with E-state index in [0.717, 1.165) is 34.6 Å². The van der Waals surface area contributed by atoms with Gasteiger partial charge in [0.25, 0.3) is 17.7 Å². The van der Waals surface area contributed by atoms with E-state index in [4.69, 9.17) is 34.8 Å². The first kappa shape index (κ1) is 25.8. The molecule has 0 saturated heterocycles. The van der Waals surface area contributed by atoms with Gasteiger partial charge in [-0.3, -0.25) is 14.4 Å². The number of imide groups is 1. The molecule has 0 aromatic heterocycles. The number of rotatable bonds is 7. The Kier molecular flexibility index (Phi) is 7.69. The Morgan fingerprint density at radius 1 is 0.833 bits per heavy atom. The summed E-state index contributed by atoms with van der Waals surface area (Å²) in [7, 11) is 0. The molecule has 0 saturated carbocycles. The van der Waals surface area contributed by atoms with Crippen LogP contribution in [0.5, 0.6) is 0 Å².